The lowest BCUT2D eigenvalue weighted by atomic mass is 10.1. The van der Waals surface area contributed by atoms with E-state index < -0.39 is 0 Å². The summed E-state index contributed by atoms with van der Waals surface area (Å²) in [5, 5.41) is 9.37. The van der Waals surface area contributed by atoms with Gasteiger partial charge in [0.05, 0.1) is 0 Å². The van der Waals surface area contributed by atoms with Gasteiger partial charge >= 0.3 is 0 Å². The molecule has 0 saturated carbocycles. The van der Waals surface area contributed by atoms with Gasteiger partial charge < -0.3 is 5.11 Å². The first kappa shape index (κ1) is 7.86. The van der Waals surface area contributed by atoms with Gasteiger partial charge in [0.2, 0.25) is 0 Å². The van der Waals surface area contributed by atoms with Crippen LogP contribution in [0.1, 0.15) is 18.1 Å². The second-order valence-corrected chi connectivity index (χ2v) is 2.51. The summed E-state index contributed by atoms with van der Waals surface area (Å²) < 4.78 is 0. The van der Waals surface area contributed by atoms with Gasteiger partial charge in [-0.05, 0) is 25.5 Å². The van der Waals surface area contributed by atoms with Crippen LogP contribution in [0.4, 0.5) is 0 Å². The highest BCUT2D eigenvalue weighted by Crippen LogP contribution is 2.21. The Morgan fingerprint density at radius 3 is 2.64 bits per heavy atom. The summed E-state index contributed by atoms with van der Waals surface area (Å²) in [7, 11) is 0. The summed E-state index contributed by atoms with van der Waals surface area (Å²) in [6.07, 6.45) is 3.83. The molecule has 0 bridgehead atoms. The molecule has 0 heterocycles. The Balaban J connectivity index is 3.20. The van der Waals surface area contributed by atoms with E-state index in [9.17, 15) is 5.11 Å². The fourth-order valence-corrected chi connectivity index (χ4v) is 1.05. The third kappa shape index (κ3) is 1.61. The number of aromatic hydroxyl groups is 1. The summed E-state index contributed by atoms with van der Waals surface area (Å²) >= 11 is 0. The largest absolute Gasteiger partial charge is 0.507 e. The monoisotopic (exact) mass is 148 g/mol. The summed E-state index contributed by atoms with van der Waals surface area (Å²) in [6, 6.07) is 5.52. The van der Waals surface area contributed by atoms with Crippen LogP contribution >= 0.6 is 0 Å². The molecule has 1 N–H and O–H groups in total. The van der Waals surface area contributed by atoms with Crippen LogP contribution in [0.2, 0.25) is 0 Å². The molecular formula is C10H12O. The van der Waals surface area contributed by atoms with Crippen LogP contribution in [0.5, 0.6) is 5.75 Å². The van der Waals surface area contributed by atoms with Crippen LogP contribution in [-0.2, 0) is 0 Å². The molecule has 1 nitrogen and oxygen atoms in total. The first-order chi connectivity index (χ1) is 5.25. The highest BCUT2D eigenvalue weighted by atomic mass is 16.3. The normalized spacial score (nSPS) is 10.7. The predicted molar refractivity (Wildman–Crippen MR) is 47.6 cm³/mol. The maximum absolute atomic E-state index is 9.37. The number of hydrogen-bond donors (Lipinski definition) is 1. The van der Waals surface area contributed by atoms with Gasteiger partial charge in [0.15, 0.2) is 0 Å². The number of rotatable bonds is 1. The fourth-order valence-electron chi connectivity index (χ4n) is 1.05. The second-order valence-electron chi connectivity index (χ2n) is 2.51. The van der Waals surface area contributed by atoms with Crippen LogP contribution in [0.15, 0.2) is 24.3 Å². The molecule has 0 atom stereocenters. The van der Waals surface area contributed by atoms with Crippen molar-refractivity contribution in [2.24, 2.45) is 0 Å². The maximum Gasteiger partial charge on any atom is 0.123 e. The van der Waals surface area contributed by atoms with E-state index >= 15 is 0 Å². The number of phenolic OH excluding ortho intramolecular Hbond substituents is 1. The quantitative estimate of drug-likeness (QED) is 0.649. The molecule has 0 aliphatic rings. The van der Waals surface area contributed by atoms with Crippen LogP contribution < -0.4 is 0 Å². The van der Waals surface area contributed by atoms with Crippen LogP contribution in [-0.4, -0.2) is 5.11 Å². The average molecular weight is 148 g/mol. The molecule has 0 aromatic heterocycles. The van der Waals surface area contributed by atoms with Crippen molar-refractivity contribution in [2.45, 2.75) is 13.8 Å². The van der Waals surface area contributed by atoms with Gasteiger partial charge in [0.1, 0.15) is 5.75 Å². The van der Waals surface area contributed by atoms with E-state index in [0.717, 1.165) is 11.1 Å². The smallest absolute Gasteiger partial charge is 0.123 e. The topological polar surface area (TPSA) is 20.2 Å². The fraction of sp³-hybridized carbons (Fsp3) is 0.200. The Morgan fingerprint density at radius 1 is 1.36 bits per heavy atom. The Kier molecular flexibility index (Phi) is 2.32. The summed E-state index contributed by atoms with van der Waals surface area (Å²) in [6.45, 7) is 3.92. The minimum atomic E-state index is 0.350. The van der Waals surface area contributed by atoms with Crippen molar-refractivity contribution < 1.29 is 5.11 Å². The maximum atomic E-state index is 9.37. The highest BCUT2D eigenvalue weighted by molar-refractivity contribution is 5.60. The molecule has 0 unspecified atom stereocenters. The molecule has 0 spiro atoms. The lowest BCUT2D eigenvalue weighted by molar-refractivity contribution is 0.473. The van der Waals surface area contributed by atoms with Crippen molar-refractivity contribution in [1.29, 1.82) is 0 Å². The molecule has 1 aromatic carbocycles. The van der Waals surface area contributed by atoms with Crippen molar-refractivity contribution in [2.75, 3.05) is 0 Å². The van der Waals surface area contributed by atoms with Crippen molar-refractivity contribution in [3.63, 3.8) is 0 Å². The van der Waals surface area contributed by atoms with E-state index in [1.807, 2.05) is 38.1 Å². The van der Waals surface area contributed by atoms with E-state index in [4.69, 9.17) is 0 Å². The van der Waals surface area contributed by atoms with Crippen LogP contribution in [0.25, 0.3) is 6.08 Å². The van der Waals surface area contributed by atoms with Crippen molar-refractivity contribution in [1.82, 2.24) is 0 Å². The minimum Gasteiger partial charge on any atom is -0.507 e. The summed E-state index contributed by atoms with van der Waals surface area (Å²) in [5.41, 5.74) is 2.01. The average Bonchev–Trinajstić information content (AvgIpc) is 1.97. The molecule has 0 saturated heterocycles. The second kappa shape index (κ2) is 3.24. The molecule has 0 aliphatic heterocycles. The standard InChI is InChI=1S/C10H12O/c1-3-5-9-8(2)6-4-7-10(9)11/h3-7,11H,1-2H3. The number of hydrogen-bond acceptors (Lipinski definition) is 1. The summed E-state index contributed by atoms with van der Waals surface area (Å²) in [5.74, 6) is 0.350. The molecule has 0 amide bonds. The first-order valence-electron chi connectivity index (χ1n) is 3.67. The van der Waals surface area contributed by atoms with Gasteiger partial charge in [0, 0.05) is 5.56 Å². The molecule has 0 fully saturated rings. The molecule has 0 aliphatic carbocycles. The Morgan fingerprint density at radius 2 is 2.09 bits per heavy atom. The van der Waals surface area contributed by atoms with Gasteiger partial charge in [-0.15, -0.1) is 0 Å². The van der Waals surface area contributed by atoms with Gasteiger partial charge in [0.25, 0.3) is 0 Å². The molecule has 58 valence electrons. The number of aryl methyl sites for hydroxylation is 1. The van der Waals surface area contributed by atoms with E-state index in [1.165, 1.54) is 0 Å². The van der Waals surface area contributed by atoms with Crippen molar-refractivity contribution >= 4 is 6.08 Å². The van der Waals surface area contributed by atoms with Gasteiger partial charge in [-0.1, -0.05) is 24.3 Å². The Hall–Kier alpha value is -1.24. The molecule has 0 radical (unpaired) electrons. The molecule has 1 heteroatoms. The molecule has 1 rings (SSSR count). The molecular weight excluding hydrogens is 136 g/mol. The Labute approximate surface area is 67.0 Å². The number of phenols is 1. The van der Waals surface area contributed by atoms with Gasteiger partial charge in [-0.2, -0.15) is 0 Å². The third-order valence-electron chi connectivity index (χ3n) is 1.63. The van der Waals surface area contributed by atoms with Crippen LogP contribution in [0, 0.1) is 6.92 Å². The third-order valence-corrected chi connectivity index (χ3v) is 1.63. The zero-order valence-corrected chi connectivity index (χ0v) is 6.83. The number of allylic oxidation sites excluding steroid dienone is 1. The first-order valence-corrected chi connectivity index (χ1v) is 3.67. The van der Waals surface area contributed by atoms with Crippen molar-refractivity contribution in [3.05, 3.63) is 35.4 Å². The number of benzene rings is 1. The summed E-state index contributed by atoms with van der Waals surface area (Å²) in [4.78, 5) is 0. The molecule has 1 aromatic rings. The minimum absolute atomic E-state index is 0.350. The zero-order chi connectivity index (χ0) is 8.27. The van der Waals surface area contributed by atoms with Gasteiger partial charge in [-0.3, -0.25) is 0 Å². The zero-order valence-electron chi connectivity index (χ0n) is 6.83. The van der Waals surface area contributed by atoms with E-state index in [0.29, 0.717) is 5.75 Å². The van der Waals surface area contributed by atoms with Crippen LogP contribution in [0.3, 0.4) is 0 Å². The highest BCUT2D eigenvalue weighted by Gasteiger charge is 1.97. The van der Waals surface area contributed by atoms with E-state index in [-0.39, 0.29) is 0 Å². The lowest BCUT2D eigenvalue weighted by Gasteiger charge is -2.01. The lowest BCUT2D eigenvalue weighted by Crippen LogP contribution is -1.79. The van der Waals surface area contributed by atoms with Gasteiger partial charge in [-0.25, -0.2) is 0 Å². The Bertz CT molecular complexity index is 254. The van der Waals surface area contributed by atoms with E-state index in [1.54, 1.807) is 6.07 Å². The SMILES string of the molecule is CC=Cc1c(C)cccc1O. The predicted octanol–water partition coefficient (Wildman–Crippen LogP) is 2.73. The molecule has 11 heavy (non-hydrogen) atoms. The van der Waals surface area contributed by atoms with E-state index in [2.05, 4.69) is 0 Å². The van der Waals surface area contributed by atoms with Crippen molar-refractivity contribution in [3.8, 4) is 5.75 Å².